The number of esters is 1. The molecule has 0 amide bonds. The van der Waals surface area contributed by atoms with Crippen LogP contribution in [0.5, 0.6) is 0 Å². The quantitative estimate of drug-likeness (QED) is 0.604. The Kier molecular flexibility index (Phi) is 3.33. The van der Waals surface area contributed by atoms with Crippen molar-refractivity contribution in [1.29, 1.82) is 0 Å². The number of fused-ring (bicyclic) bond motifs is 1. The lowest BCUT2D eigenvalue weighted by Crippen LogP contribution is -2.24. The average Bonchev–Trinajstić information content (AvgIpc) is 3.14. The highest BCUT2D eigenvalue weighted by atomic mass is 16.5. The lowest BCUT2D eigenvalue weighted by Gasteiger charge is -2.14. The number of hydrogen-bond acceptors (Lipinski definition) is 3. The molecule has 2 saturated heterocycles. The molecule has 1 aromatic carbocycles. The van der Waals surface area contributed by atoms with Crippen LogP contribution in [0.25, 0.3) is 0 Å². The average molecular weight is 245 g/mol. The fraction of sp³-hybridized carbons (Fsp3) is 0.533. The molecule has 3 rings (SSSR count). The van der Waals surface area contributed by atoms with Gasteiger partial charge in [-0.3, -0.25) is 9.69 Å². The minimum atomic E-state index is -0.0218. The van der Waals surface area contributed by atoms with Crippen molar-refractivity contribution in [2.75, 3.05) is 13.1 Å². The van der Waals surface area contributed by atoms with Crippen molar-refractivity contribution in [3.05, 3.63) is 35.9 Å². The number of hydrogen-bond donors (Lipinski definition) is 0. The molecule has 0 spiro atoms. The van der Waals surface area contributed by atoms with Gasteiger partial charge in [0.05, 0.1) is 5.92 Å². The third-order valence-corrected chi connectivity index (χ3v) is 3.93. The van der Waals surface area contributed by atoms with E-state index < -0.39 is 0 Å². The first-order valence-electron chi connectivity index (χ1n) is 6.77. The lowest BCUT2D eigenvalue weighted by molar-refractivity contribution is -0.150. The molecule has 2 heterocycles. The zero-order valence-electron chi connectivity index (χ0n) is 10.5. The number of nitrogens with zero attached hydrogens (tertiary/aromatic N) is 1. The van der Waals surface area contributed by atoms with Crippen LogP contribution in [0, 0.1) is 5.92 Å². The molecule has 0 saturated carbocycles. The largest absolute Gasteiger partial charge is 0.461 e. The van der Waals surface area contributed by atoms with Crippen LogP contribution >= 0.6 is 0 Å². The second kappa shape index (κ2) is 5.11. The Bertz CT molecular complexity index is 418. The van der Waals surface area contributed by atoms with Gasteiger partial charge in [-0.1, -0.05) is 36.8 Å². The highest BCUT2D eigenvalue weighted by molar-refractivity contribution is 5.72. The Labute approximate surface area is 108 Å². The number of carbonyl (C=O) groups excluding carboxylic acids is 1. The second-order valence-electron chi connectivity index (χ2n) is 5.33. The monoisotopic (exact) mass is 245 g/mol. The SMILES string of the molecule is O=C(OCc1ccccc1)C1CCCC2CN2C1. The molecule has 2 aliphatic heterocycles. The second-order valence-corrected chi connectivity index (χ2v) is 5.33. The molecule has 3 unspecified atom stereocenters. The summed E-state index contributed by atoms with van der Waals surface area (Å²) < 4.78 is 5.42. The molecule has 0 bridgehead atoms. The minimum absolute atomic E-state index is 0.0218. The van der Waals surface area contributed by atoms with Crippen LogP contribution in [0.1, 0.15) is 24.8 Å². The summed E-state index contributed by atoms with van der Waals surface area (Å²) in [7, 11) is 0. The van der Waals surface area contributed by atoms with Crippen LogP contribution in [0.15, 0.2) is 30.3 Å². The molecule has 0 radical (unpaired) electrons. The van der Waals surface area contributed by atoms with Crippen LogP contribution in [-0.2, 0) is 16.1 Å². The Morgan fingerprint density at radius 1 is 1.22 bits per heavy atom. The van der Waals surface area contributed by atoms with Gasteiger partial charge >= 0.3 is 5.97 Å². The summed E-state index contributed by atoms with van der Waals surface area (Å²) >= 11 is 0. The van der Waals surface area contributed by atoms with Gasteiger partial charge in [0.25, 0.3) is 0 Å². The van der Waals surface area contributed by atoms with E-state index in [4.69, 9.17) is 4.74 Å². The Morgan fingerprint density at radius 2 is 2.06 bits per heavy atom. The number of ether oxygens (including phenoxy) is 1. The van der Waals surface area contributed by atoms with Crippen molar-refractivity contribution in [2.24, 2.45) is 5.92 Å². The zero-order valence-corrected chi connectivity index (χ0v) is 10.5. The van der Waals surface area contributed by atoms with Gasteiger partial charge in [0, 0.05) is 19.1 Å². The first-order valence-corrected chi connectivity index (χ1v) is 6.77. The molecule has 3 nitrogen and oxygen atoms in total. The van der Waals surface area contributed by atoms with Gasteiger partial charge in [-0.25, -0.2) is 0 Å². The fourth-order valence-electron chi connectivity index (χ4n) is 2.73. The van der Waals surface area contributed by atoms with Gasteiger partial charge in [0.15, 0.2) is 0 Å². The maximum atomic E-state index is 12.0. The fourth-order valence-corrected chi connectivity index (χ4v) is 2.73. The van der Waals surface area contributed by atoms with Gasteiger partial charge in [-0.05, 0) is 18.4 Å². The Morgan fingerprint density at radius 3 is 2.89 bits per heavy atom. The van der Waals surface area contributed by atoms with Crippen molar-refractivity contribution >= 4 is 5.97 Å². The molecule has 0 N–H and O–H groups in total. The van der Waals surface area contributed by atoms with Crippen molar-refractivity contribution in [3.8, 4) is 0 Å². The minimum Gasteiger partial charge on any atom is -0.461 e. The van der Waals surface area contributed by atoms with Crippen molar-refractivity contribution in [2.45, 2.75) is 31.9 Å². The van der Waals surface area contributed by atoms with Crippen molar-refractivity contribution in [3.63, 3.8) is 0 Å². The van der Waals surface area contributed by atoms with E-state index in [2.05, 4.69) is 4.90 Å². The maximum absolute atomic E-state index is 12.0. The summed E-state index contributed by atoms with van der Waals surface area (Å²) in [4.78, 5) is 14.4. The van der Waals surface area contributed by atoms with E-state index in [9.17, 15) is 4.79 Å². The topological polar surface area (TPSA) is 29.3 Å². The third kappa shape index (κ3) is 2.72. The Hall–Kier alpha value is -1.35. The van der Waals surface area contributed by atoms with Crippen LogP contribution in [0.2, 0.25) is 0 Å². The standard InChI is InChI=1S/C15H19NO2/c17-15(18-11-12-5-2-1-3-6-12)13-7-4-8-14-10-16(14)9-13/h1-3,5-6,13-14H,4,7-11H2. The summed E-state index contributed by atoms with van der Waals surface area (Å²) in [6.07, 6.45) is 3.40. The first-order chi connectivity index (χ1) is 8.83. The smallest absolute Gasteiger partial charge is 0.310 e. The summed E-state index contributed by atoms with van der Waals surface area (Å²) in [6.45, 7) is 2.49. The van der Waals surface area contributed by atoms with E-state index in [0.29, 0.717) is 6.61 Å². The predicted molar refractivity (Wildman–Crippen MR) is 68.9 cm³/mol. The summed E-state index contributed by atoms with van der Waals surface area (Å²) in [6, 6.07) is 10.6. The number of rotatable bonds is 3. The Balaban J connectivity index is 1.51. The summed E-state index contributed by atoms with van der Waals surface area (Å²) in [5.74, 6) is 0.0626. The van der Waals surface area contributed by atoms with Gasteiger partial charge in [-0.15, -0.1) is 0 Å². The highest BCUT2D eigenvalue weighted by Gasteiger charge is 2.39. The van der Waals surface area contributed by atoms with Crippen LogP contribution in [-0.4, -0.2) is 30.0 Å². The van der Waals surface area contributed by atoms with Gasteiger partial charge in [0.2, 0.25) is 0 Å². The van der Waals surface area contributed by atoms with E-state index >= 15 is 0 Å². The van der Waals surface area contributed by atoms with Crippen molar-refractivity contribution < 1.29 is 9.53 Å². The molecular weight excluding hydrogens is 226 g/mol. The number of carbonyl (C=O) groups is 1. The van der Waals surface area contributed by atoms with Crippen LogP contribution < -0.4 is 0 Å². The molecule has 0 aliphatic carbocycles. The van der Waals surface area contributed by atoms with Gasteiger partial charge in [0.1, 0.15) is 6.61 Å². The molecule has 0 aromatic heterocycles. The van der Waals surface area contributed by atoms with E-state index in [0.717, 1.165) is 31.0 Å². The third-order valence-electron chi connectivity index (χ3n) is 3.93. The van der Waals surface area contributed by atoms with E-state index in [-0.39, 0.29) is 11.9 Å². The molecule has 96 valence electrons. The molecular formula is C15H19NO2. The van der Waals surface area contributed by atoms with E-state index in [1.807, 2.05) is 30.3 Å². The molecule has 1 aromatic rings. The molecule has 18 heavy (non-hydrogen) atoms. The van der Waals surface area contributed by atoms with Crippen LogP contribution in [0.3, 0.4) is 0 Å². The van der Waals surface area contributed by atoms with Gasteiger partial charge < -0.3 is 4.74 Å². The van der Waals surface area contributed by atoms with Crippen LogP contribution in [0.4, 0.5) is 0 Å². The first kappa shape index (κ1) is 11.7. The zero-order chi connectivity index (χ0) is 12.4. The molecule has 3 atom stereocenters. The maximum Gasteiger partial charge on any atom is 0.310 e. The van der Waals surface area contributed by atoms with E-state index in [1.54, 1.807) is 0 Å². The lowest BCUT2D eigenvalue weighted by atomic mass is 10.0. The highest BCUT2D eigenvalue weighted by Crippen LogP contribution is 2.30. The summed E-state index contributed by atoms with van der Waals surface area (Å²) in [5, 5.41) is 0. The van der Waals surface area contributed by atoms with Crippen molar-refractivity contribution in [1.82, 2.24) is 4.90 Å². The molecule has 3 heteroatoms. The molecule has 2 fully saturated rings. The normalized spacial score (nSPS) is 30.1. The molecule has 2 aliphatic rings. The van der Waals surface area contributed by atoms with E-state index in [1.165, 1.54) is 13.0 Å². The van der Waals surface area contributed by atoms with Gasteiger partial charge in [-0.2, -0.15) is 0 Å². The summed E-state index contributed by atoms with van der Waals surface area (Å²) in [5.41, 5.74) is 1.06. The number of benzene rings is 1. The predicted octanol–water partition coefficient (Wildman–Crippen LogP) is 2.21.